The molecule has 0 aliphatic heterocycles. The second-order valence-corrected chi connectivity index (χ2v) is 6.90. The Morgan fingerprint density at radius 3 is 2.81 bits per heavy atom. The van der Waals surface area contributed by atoms with Gasteiger partial charge in [-0.1, -0.05) is 0 Å². The summed E-state index contributed by atoms with van der Waals surface area (Å²) < 4.78 is 7.24. The van der Waals surface area contributed by atoms with E-state index >= 15 is 0 Å². The number of aryl methyl sites for hydroxylation is 3. The molecule has 0 saturated heterocycles. The van der Waals surface area contributed by atoms with Crippen LogP contribution in [-0.4, -0.2) is 34.3 Å². The van der Waals surface area contributed by atoms with Crippen LogP contribution in [0.15, 0.2) is 30.7 Å². The van der Waals surface area contributed by atoms with Gasteiger partial charge in [-0.25, -0.2) is 9.97 Å². The lowest BCUT2D eigenvalue weighted by atomic mass is 9.99. The van der Waals surface area contributed by atoms with Crippen LogP contribution in [0.25, 0.3) is 22.3 Å². The lowest BCUT2D eigenvalue weighted by Crippen LogP contribution is -2.21. The highest BCUT2D eigenvalue weighted by Crippen LogP contribution is 2.31. The van der Waals surface area contributed by atoms with Gasteiger partial charge in [0.25, 0.3) is 0 Å². The van der Waals surface area contributed by atoms with E-state index in [1.807, 2.05) is 17.8 Å². The maximum atomic E-state index is 8.94. The van der Waals surface area contributed by atoms with Gasteiger partial charge in [0.2, 0.25) is 0 Å². The molecule has 140 valence electrons. The molecule has 6 nitrogen and oxygen atoms in total. The van der Waals surface area contributed by atoms with E-state index in [1.54, 1.807) is 13.4 Å². The minimum Gasteiger partial charge on any atom is -0.383 e. The maximum Gasteiger partial charge on any atom is 0.0948 e. The maximum absolute atomic E-state index is 8.94. The van der Waals surface area contributed by atoms with E-state index in [0.717, 1.165) is 40.0 Å². The number of methoxy groups -OCH3 is 1. The second-order valence-electron chi connectivity index (χ2n) is 6.90. The number of anilines is 1. The summed E-state index contributed by atoms with van der Waals surface area (Å²) in [5, 5.41) is 13.5. The molecule has 3 rings (SSSR count). The van der Waals surface area contributed by atoms with E-state index in [9.17, 15) is 0 Å². The Morgan fingerprint density at radius 2 is 2.15 bits per heavy atom. The van der Waals surface area contributed by atoms with Gasteiger partial charge in [-0.3, -0.25) is 0 Å². The predicted molar refractivity (Wildman–Crippen MR) is 108 cm³/mol. The van der Waals surface area contributed by atoms with Gasteiger partial charge in [0.05, 0.1) is 42.1 Å². The summed E-state index contributed by atoms with van der Waals surface area (Å²) in [6.45, 7) is 4.77. The van der Waals surface area contributed by atoms with E-state index < -0.39 is 0 Å². The fourth-order valence-electron chi connectivity index (χ4n) is 3.29. The van der Waals surface area contributed by atoms with Gasteiger partial charge >= 0.3 is 0 Å². The molecule has 1 N–H and O–H groups in total. The summed E-state index contributed by atoms with van der Waals surface area (Å²) in [6.07, 6.45) is 4.85. The fourth-order valence-corrected chi connectivity index (χ4v) is 3.29. The van der Waals surface area contributed by atoms with Crippen molar-refractivity contribution in [3.8, 4) is 17.5 Å². The zero-order valence-corrected chi connectivity index (χ0v) is 16.3. The lowest BCUT2D eigenvalue weighted by molar-refractivity contribution is 0.190. The van der Waals surface area contributed by atoms with Crippen molar-refractivity contribution < 1.29 is 4.74 Å². The molecule has 27 heavy (non-hydrogen) atoms. The molecule has 1 aromatic carbocycles. The minimum absolute atomic E-state index is 0.156. The van der Waals surface area contributed by atoms with Gasteiger partial charge in [-0.05, 0) is 49.6 Å². The normalized spacial score (nSPS) is 12.1. The average Bonchev–Trinajstić information content (AvgIpc) is 3.06. The first-order valence-corrected chi connectivity index (χ1v) is 9.07. The third kappa shape index (κ3) is 4.09. The van der Waals surface area contributed by atoms with Crippen molar-refractivity contribution in [3.05, 3.63) is 41.9 Å². The Hall–Kier alpha value is -2.91. The molecular weight excluding hydrogens is 338 g/mol. The van der Waals surface area contributed by atoms with Crippen LogP contribution in [0.5, 0.6) is 0 Å². The van der Waals surface area contributed by atoms with Crippen LogP contribution >= 0.6 is 0 Å². The molecule has 0 aliphatic rings. The van der Waals surface area contributed by atoms with E-state index in [2.05, 4.69) is 48.4 Å². The van der Waals surface area contributed by atoms with Gasteiger partial charge < -0.3 is 14.6 Å². The summed E-state index contributed by atoms with van der Waals surface area (Å²) in [5.74, 6) is 0. The number of nitrogens with one attached hydrogen (secondary N) is 1. The van der Waals surface area contributed by atoms with Crippen LogP contribution in [0.3, 0.4) is 0 Å². The smallest absolute Gasteiger partial charge is 0.0948 e. The molecule has 2 heterocycles. The number of fused-ring (bicyclic) bond motifs is 1. The first-order chi connectivity index (χ1) is 13.0. The Balaban J connectivity index is 2.15. The second kappa shape index (κ2) is 8.19. The molecule has 2 aromatic heterocycles. The number of ether oxygens (including phenoxy) is 1. The first kappa shape index (κ1) is 18.9. The number of hydrogen-bond donors (Lipinski definition) is 1. The lowest BCUT2D eigenvalue weighted by Gasteiger charge is -2.18. The highest BCUT2D eigenvalue weighted by molar-refractivity contribution is 5.94. The Bertz CT molecular complexity index is 986. The summed E-state index contributed by atoms with van der Waals surface area (Å²) >= 11 is 0. The summed E-state index contributed by atoms with van der Waals surface area (Å²) in [7, 11) is 3.67. The van der Waals surface area contributed by atoms with Gasteiger partial charge in [-0.15, -0.1) is 0 Å². The van der Waals surface area contributed by atoms with Gasteiger partial charge in [-0.2, -0.15) is 5.26 Å². The third-order valence-corrected chi connectivity index (χ3v) is 4.67. The zero-order valence-electron chi connectivity index (χ0n) is 16.3. The molecule has 0 amide bonds. The van der Waals surface area contributed by atoms with E-state index in [0.29, 0.717) is 13.0 Å². The molecule has 0 saturated carbocycles. The van der Waals surface area contributed by atoms with E-state index in [1.165, 1.54) is 5.56 Å². The molecule has 0 aliphatic carbocycles. The van der Waals surface area contributed by atoms with E-state index in [-0.39, 0.29) is 6.04 Å². The summed E-state index contributed by atoms with van der Waals surface area (Å²) in [6, 6.07) is 8.71. The number of nitriles is 1. The molecule has 0 radical (unpaired) electrons. The summed E-state index contributed by atoms with van der Waals surface area (Å²) in [4.78, 5) is 9.09. The number of pyridine rings is 1. The van der Waals surface area contributed by atoms with Crippen molar-refractivity contribution >= 4 is 16.6 Å². The van der Waals surface area contributed by atoms with Crippen LogP contribution in [0.4, 0.5) is 5.69 Å². The highest BCUT2D eigenvalue weighted by atomic mass is 16.5. The monoisotopic (exact) mass is 363 g/mol. The quantitative estimate of drug-likeness (QED) is 0.690. The summed E-state index contributed by atoms with van der Waals surface area (Å²) in [5.41, 5.74) is 6.12. The standard InChI is InChI=1S/C21H25N5O/c1-14-8-18-17(9-16(14)6-5-7-22)19(24-15(2)12-27-4)10-20(25-18)21-11-23-13-26(21)3/h8-11,13,15H,5-6,12H2,1-4H3,(H,24,25). The SMILES string of the molecule is COCC(C)Nc1cc(-c2cncn2C)nc2cc(C)c(CCC#N)cc12. The molecule has 1 atom stereocenters. The zero-order chi connectivity index (χ0) is 19.4. The highest BCUT2D eigenvalue weighted by Gasteiger charge is 2.14. The molecular formula is C21H25N5O. The van der Waals surface area contributed by atoms with Crippen molar-refractivity contribution in [1.82, 2.24) is 14.5 Å². The van der Waals surface area contributed by atoms with Crippen molar-refractivity contribution in [2.45, 2.75) is 32.7 Å². The topological polar surface area (TPSA) is 75.8 Å². The molecule has 0 spiro atoms. The molecule has 6 heteroatoms. The van der Waals surface area contributed by atoms with Crippen molar-refractivity contribution in [2.24, 2.45) is 7.05 Å². The molecule has 3 aromatic rings. The van der Waals surface area contributed by atoms with Crippen molar-refractivity contribution in [1.29, 1.82) is 5.26 Å². The predicted octanol–water partition coefficient (Wildman–Crippen LogP) is 3.85. The molecule has 1 unspecified atom stereocenters. The van der Waals surface area contributed by atoms with Crippen LogP contribution in [0.1, 0.15) is 24.5 Å². The molecule has 0 bridgehead atoms. The van der Waals surface area contributed by atoms with Crippen LogP contribution in [-0.2, 0) is 18.2 Å². The minimum atomic E-state index is 0.156. The third-order valence-electron chi connectivity index (χ3n) is 4.67. The number of aromatic nitrogens is 3. The van der Waals surface area contributed by atoms with Gasteiger partial charge in [0.15, 0.2) is 0 Å². The van der Waals surface area contributed by atoms with Crippen LogP contribution < -0.4 is 5.32 Å². The number of nitrogens with zero attached hydrogens (tertiary/aromatic N) is 4. The van der Waals surface area contributed by atoms with E-state index in [4.69, 9.17) is 15.0 Å². The van der Waals surface area contributed by atoms with Crippen LogP contribution in [0.2, 0.25) is 0 Å². The van der Waals surface area contributed by atoms with Gasteiger partial charge in [0, 0.05) is 37.7 Å². The Labute approximate surface area is 159 Å². The van der Waals surface area contributed by atoms with Gasteiger partial charge in [0.1, 0.15) is 0 Å². The average molecular weight is 363 g/mol. The van der Waals surface area contributed by atoms with Crippen molar-refractivity contribution in [3.63, 3.8) is 0 Å². The largest absolute Gasteiger partial charge is 0.383 e. The number of imidazole rings is 1. The van der Waals surface area contributed by atoms with Crippen molar-refractivity contribution in [2.75, 3.05) is 19.0 Å². The Kier molecular flexibility index (Phi) is 5.72. The number of hydrogen-bond acceptors (Lipinski definition) is 5. The Morgan fingerprint density at radius 1 is 1.33 bits per heavy atom. The number of rotatable bonds is 7. The molecule has 0 fully saturated rings. The number of benzene rings is 1. The van der Waals surface area contributed by atoms with Crippen LogP contribution in [0, 0.1) is 18.3 Å². The fraction of sp³-hybridized carbons (Fsp3) is 0.381. The first-order valence-electron chi connectivity index (χ1n) is 9.07.